The fraction of sp³-hybridized carbons (Fsp3) is 0.222. The maximum absolute atomic E-state index is 13.0. The Balaban J connectivity index is 3.16. The van der Waals surface area contributed by atoms with Crippen LogP contribution in [0.1, 0.15) is 0 Å². The number of nitrogens with one attached hydrogen (secondary N) is 1. The van der Waals surface area contributed by atoms with Crippen molar-refractivity contribution < 1.29 is 27.3 Å². The highest BCUT2D eigenvalue weighted by atomic mass is 32.2. The van der Waals surface area contributed by atoms with Crippen LogP contribution in [-0.4, -0.2) is 33.0 Å². The Morgan fingerprint density at radius 3 is 2.68 bits per heavy atom. The number of hydrogen-bond acceptors (Lipinski definition) is 6. The van der Waals surface area contributed by atoms with E-state index in [0.29, 0.717) is 6.07 Å². The molecule has 0 aliphatic heterocycles. The molecule has 0 fully saturated rings. The SMILES string of the molecule is COC(=O)CNS(=O)(=O)c1cc(F)ccc1[N+](=O)[O-]. The first-order valence-electron chi connectivity index (χ1n) is 4.78. The molecule has 0 aliphatic carbocycles. The molecule has 19 heavy (non-hydrogen) atoms. The maximum Gasteiger partial charge on any atom is 0.320 e. The van der Waals surface area contributed by atoms with Gasteiger partial charge in [0.2, 0.25) is 10.0 Å². The minimum absolute atomic E-state index is 0.498. The lowest BCUT2D eigenvalue weighted by Gasteiger charge is -2.06. The van der Waals surface area contributed by atoms with Crippen molar-refractivity contribution in [2.45, 2.75) is 4.90 Å². The predicted molar refractivity (Wildman–Crippen MR) is 60.3 cm³/mol. The van der Waals surface area contributed by atoms with Gasteiger partial charge in [-0.15, -0.1) is 0 Å². The molecule has 0 spiro atoms. The minimum atomic E-state index is -4.40. The molecule has 1 rings (SSSR count). The monoisotopic (exact) mass is 292 g/mol. The van der Waals surface area contributed by atoms with Crippen molar-refractivity contribution in [3.8, 4) is 0 Å². The Labute approximate surface area is 107 Å². The normalized spacial score (nSPS) is 11.1. The second-order valence-corrected chi connectivity index (χ2v) is 5.01. The van der Waals surface area contributed by atoms with Crippen LogP contribution in [0.25, 0.3) is 0 Å². The molecule has 0 saturated heterocycles. The molecule has 0 amide bonds. The van der Waals surface area contributed by atoms with E-state index in [9.17, 15) is 27.7 Å². The zero-order valence-corrected chi connectivity index (χ0v) is 10.4. The molecule has 0 saturated carbocycles. The number of sulfonamides is 1. The number of esters is 1. The first-order chi connectivity index (χ1) is 8.77. The van der Waals surface area contributed by atoms with E-state index in [-0.39, 0.29) is 0 Å². The molecule has 104 valence electrons. The highest BCUT2D eigenvalue weighted by Crippen LogP contribution is 2.24. The highest BCUT2D eigenvalue weighted by molar-refractivity contribution is 7.89. The predicted octanol–water partition coefficient (Wildman–Crippen LogP) is 0.185. The molecule has 1 N–H and O–H groups in total. The van der Waals surface area contributed by atoms with Gasteiger partial charge in [-0.1, -0.05) is 0 Å². The standard InChI is InChI=1S/C9H9FN2O6S/c1-18-9(13)5-11-19(16,17)8-4-6(10)2-3-7(8)12(14)15/h2-4,11H,5H2,1H3. The van der Waals surface area contributed by atoms with Gasteiger partial charge >= 0.3 is 5.97 Å². The number of nitro benzene ring substituents is 1. The largest absolute Gasteiger partial charge is 0.468 e. The number of benzene rings is 1. The van der Waals surface area contributed by atoms with Gasteiger partial charge in [-0.2, -0.15) is 4.72 Å². The minimum Gasteiger partial charge on any atom is -0.468 e. The number of ether oxygens (including phenoxy) is 1. The summed E-state index contributed by atoms with van der Waals surface area (Å²) in [5.41, 5.74) is -0.793. The summed E-state index contributed by atoms with van der Waals surface area (Å²) in [6.45, 7) is -0.716. The third kappa shape index (κ3) is 3.69. The molecule has 0 radical (unpaired) electrons. The van der Waals surface area contributed by atoms with Crippen LogP contribution in [0.4, 0.5) is 10.1 Å². The summed E-state index contributed by atoms with van der Waals surface area (Å²) >= 11 is 0. The van der Waals surface area contributed by atoms with E-state index >= 15 is 0 Å². The van der Waals surface area contributed by atoms with E-state index in [1.807, 2.05) is 0 Å². The number of nitro groups is 1. The van der Waals surface area contributed by atoms with Crippen LogP contribution in [0.3, 0.4) is 0 Å². The molecule has 0 atom stereocenters. The highest BCUT2D eigenvalue weighted by Gasteiger charge is 2.26. The van der Waals surface area contributed by atoms with Gasteiger partial charge in [-0.3, -0.25) is 14.9 Å². The number of carbonyl (C=O) groups excluding carboxylic acids is 1. The van der Waals surface area contributed by atoms with E-state index < -0.39 is 43.9 Å². The van der Waals surface area contributed by atoms with Crippen molar-refractivity contribution in [3.63, 3.8) is 0 Å². The molecule has 8 nitrogen and oxygen atoms in total. The van der Waals surface area contributed by atoms with Crippen LogP contribution in [-0.2, 0) is 19.6 Å². The molecule has 0 heterocycles. The van der Waals surface area contributed by atoms with E-state index in [2.05, 4.69) is 4.74 Å². The van der Waals surface area contributed by atoms with Crippen LogP contribution in [0, 0.1) is 15.9 Å². The summed E-state index contributed by atoms with van der Waals surface area (Å²) in [5.74, 6) is -1.84. The van der Waals surface area contributed by atoms with E-state index in [1.165, 1.54) is 0 Å². The quantitative estimate of drug-likeness (QED) is 0.470. The van der Waals surface area contributed by atoms with E-state index in [0.717, 1.165) is 19.2 Å². The topological polar surface area (TPSA) is 116 Å². The van der Waals surface area contributed by atoms with Gasteiger partial charge in [0.25, 0.3) is 5.69 Å². The lowest BCUT2D eigenvalue weighted by Crippen LogP contribution is -2.30. The Bertz CT molecular complexity index is 615. The van der Waals surface area contributed by atoms with Crippen LogP contribution in [0.2, 0.25) is 0 Å². The van der Waals surface area contributed by atoms with Crippen molar-refractivity contribution in [1.82, 2.24) is 4.72 Å². The van der Waals surface area contributed by atoms with E-state index in [1.54, 1.807) is 4.72 Å². The van der Waals surface area contributed by atoms with Crippen molar-refractivity contribution in [3.05, 3.63) is 34.1 Å². The molecule has 0 bridgehead atoms. The van der Waals surface area contributed by atoms with Crippen LogP contribution in [0.5, 0.6) is 0 Å². The van der Waals surface area contributed by atoms with Gasteiger partial charge in [-0.25, -0.2) is 12.8 Å². The summed E-state index contributed by atoms with van der Waals surface area (Å²) < 4.78 is 42.5. The molecular formula is C9H9FN2O6S. The van der Waals surface area contributed by atoms with Crippen molar-refractivity contribution in [2.24, 2.45) is 0 Å². The molecule has 0 aliphatic rings. The lowest BCUT2D eigenvalue weighted by molar-refractivity contribution is -0.387. The molecule has 1 aromatic carbocycles. The third-order valence-electron chi connectivity index (χ3n) is 2.04. The first-order valence-corrected chi connectivity index (χ1v) is 6.26. The number of halogens is 1. The first kappa shape index (κ1) is 15.0. The Morgan fingerprint density at radius 2 is 2.16 bits per heavy atom. The van der Waals surface area contributed by atoms with Gasteiger partial charge in [0.1, 0.15) is 12.4 Å². The Kier molecular flexibility index (Phi) is 4.51. The summed E-state index contributed by atoms with van der Waals surface area (Å²) in [6, 6.07) is 1.98. The molecule has 1 aromatic rings. The Hall–Kier alpha value is -2.07. The van der Waals surface area contributed by atoms with Gasteiger partial charge in [-0.05, 0) is 6.07 Å². The zero-order chi connectivity index (χ0) is 14.6. The van der Waals surface area contributed by atoms with Crippen molar-refractivity contribution >= 4 is 21.7 Å². The second kappa shape index (κ2) is 5.71. The fourth-order valence-electron chi connectivity index (χ4n) is 1.16. The molecule has 10 heteroatoms. The smallest absolute Gasteiger partial charge is 0.320 e. The molecule has 0 aromatic heterocycles. The van der Waals surface area contributed by atoms with Gasteiger partial charge in [0.15, 0.2) is 4.90 Å². The average molecular weight is 292 g/mol. The second-order valence-electron chi connectivity index (χ2n) is 3.27. The van der Waals surface area contributed by atoms with Gasteiger partial charge in [0.05, 0.1) is 12.0 Å². The van der Waals surface area contributed by atoms with Crippen LogP contribution in [0.15, 0.2) is 23.1 Å². The van der Waals surface area contributed by atoms with E-state index in [4.69, 9.17) is 0 Å². The summed E-state index contributed by atoms with van der Waals surface area (Å²) in [4.78, 5) is 19.7. The zero-order valence-electron chi connectivity index (χ0n) is 9.62. The van der Waals surface area contributed by atoms with Crippen LogP contribution >= 0.6 is 0 Å². The van der Waals surface area contributed by atoms with Gasteiger partial charge in [0, 0.05) is 12.1 Å². The maximum atomic E-state index is 13.0. The molecular weight excluding hydrogens is 283 g/mol. The number of methoxy groups -OCH3 is 1. The number of hydrogen-bond donors (Lipinski definition) is 1. The third-order valence-corrected chi connectivity index (χ3v) is 3.47. The van der Waals surface area contributed by atoms with Crippen molar-refractivity contribution in [1.29, 1.82) is 0 Å². The number of carbonyl (C=O) groups is 1. The fourth-order valence-corrected chi connectivity index (χ4v) is 2.31. The van der Waals surface area contributed by atoms with Crippen molar-refractivity contribution in [2.75, 3.05) is 13.7 Å². The van der Waals surface area contributed by atoms with Crippen LogP contribution < -0.4 is 4.72 Å². The summed E-state index contributed by atoms with van der Waals surface area (Å²) in [7, 11) is -3.35. The number of nitrogens with zero attached hydrogens (tertiary/aromatic N) is 1. The van der Waals surface area contributed by atoms with Gasteiger partial charge < -0.3 is 4.74 Å². The Morgan fingerprint density at radius 1 is 1.53 bits per heavy atom. The number of rotatable bonds is 5. The summed E-state index contributed by atoms with van der Waals surface area (Å²) in [5, 5.41) is 10.7. The average Bonchev–Trinajstić information content (AvgIpc) is 2.35. The molecule has 0 unspecified atom stereocenters. The lowest BCUT2D eigenvalue weighted by atomic mass is 10.3. The summed E-state index contributed by atoms with van der Waals surface area (Å²) in [6.07, 6.45) is 0.